The molecule has 0 saturated carbocycles. The second-order valence-electron chi connectivity index (χ2n) is 17.0. The number of carbonyl (C=O) groups is 2. The Balaban J connectivity index is 0.000000186. The quantitative estimate of drug-likeness (QED) is 0.147. The first-order valence-electron chi connectivity index (χ1n) is 22.2. The topological polar surface area (TPSA) is 149 Å². The van der Waals surface area contributed by atoms with E-state index in [1.165, 1.54) is 0 Å². The Morgan fingerprint density at radius 3 is 1.32 bits per heavy atom. The van der Waals surface area contributed by atoms with Gasteiger partial charge in [-0.05, 0) is 76.2 Å². The third-order valence-corrected chi connectivity index (χ3v) is 13.7. The molecule has 2 aromatic heterocycles. The predicted molar refractivity (Wildman–Crippen MR) is 243 cm³/mol. The zero-order valence-corrected chi connectivity index (χ0v) is 36.7. The SMILES string of the molecule is C/C=C/c1ccc2n(c1=O)C[C@@H]1[C@@H](CO)[C@H](C(=O)N[C@H](C)c3ccccc3)[C@H]2N1CC.C/C=C\c1ccc2n(c1=O)C[C@@H]1[C@@H](CO)[C@H](C(=O)N[C@H](C)c3ccccc3)[C@H]2N1CC. The summed E-state index contributed by atoms with van der Waals surface area (Å²) in [6.45, 7) is 14.2. The monoisotopic (exact) mass is 842 g/mol. The first kappa shape index (κ1) is 44.6. The van der Waals surface area contributed by atoms with Crippen LogP contribution in [0.4, 0.5) is 0 Å². The fraction of sp³-hybridized carbons (Fsp3) is 0.440. The lowest BCUT2D eigenvalue weighted by Gasteiger charge is -2.37. The minimum atomic E-state index is -0.415. The highest BCUT2D eigenvalue weighted by Gasteiger charge is 2.56. The molecule has 0 radical (unpaired) electrons. The van der Waals surface area contributed by atoms with Crippen LogP contribution < -0.4 is 21.8 Å². The Kier molecular flexibility index (Phi) is 13.9. The van der Waals surface area contributed by atoms with Crippen LogP contribution in [0, 0.1) is 23.7 Å². The van der Waals surface area contributed by atoms with E-state index in [4.69, 9.17) is 0 Å². The highest BCUT2D eigenvalue weighted by Crippen LogP contribution is 2.49. The first-order chi connectivity index (χ1) is 30.0. The van der Waals surface area contributed by atoms with Gasteiger partial charge in [0.05, 0.1) is 36.0 Å². The number of hydrogen-bond donors (Lipinski definition) is 4. The van der Waals surface area contributed by atoms with E-state index in [9.17, 15) is 29.4 Å². The van der Waals surface area contributed by atoms with E-state index >= 15 is 0 Å². The number of amides is 2. The Hall–Kier alpha value is -5.40. The van der Waals surface area contributed by atoms with Crippen molar-refractivity contribution >= 4 is 24.0 Å². The minimum Gasteiger partial charge on any atom is -0.396 e. The number of rotatable bonds is 12. The van der Waals surface area contributed by atoms with Gasteiger partial charge in [0.15, 0.2) is 0 Å². The lowest BCUT2D eigenvalue weighted by atomic mass is 9.86. The molecule has 2 aromatic carbocycles. The zero-order chi connectivity index (χ0) is 44.2. The van der Waals surface area contributed by atoms with Gasteiger partial charge < -0.3 is 30.0 Å². The smallest absolute Gasteiger partial charge is 0.258 e. The summed E-state index contributed by atoms with van der Waals surface area (Å²) in [4.78, 5) is 57.8. The van der Waals surface area contributed by atoms with Crippen molar-refractivity contribution in [2.45, 2.75) is 90.9 Å². The molecule has 4 bridgehead atoms. The summed E-state index contributed by atoms with van der Waals surface area (Å²) in [5.74, 6) is -1.42. The van der Waals surface area contributed by atoms with E-state index in [-0.39, 0.29) is 84.2 Å². The third kappa shape index (κ3) is 8.17. The van der Waals surface area contributed by atoms with Gasteiger partial charge in [-0.25, -0.2) is 0 Å². The van der Waals surface area contributed by atoms with Gasteiger partial charge >= 0.3 is 0 Å². The van der Waals surface area contributed by atoms with E-state index in [1.807, 2.05) is 146 Å². The molecule has 6 heterocycles. The van der Waals surface area contributed by atoms with Crippen molar-refractivity contribution in [3.05, 3.63) is 151 Å². The van der Waals surface area contributed by atoms with Gasteiger partial charge in [0.25, 0.3) is 11.1 Å². The number of aliphatic hydroxyl groups is 2. The molecular formula is C50H62N6O6. The largest absolute Gasteiger partial charge is 0.396 e. The van der Waals surface area contributed by atoms with Gasteiger partial charge in [-0.2, -0.15) is 0 Å². The van der Waals surface area contributed by atoms with Crippen LogP contribution in [0.1, 0.15) is 99.4 Å². The Morgan fingerprint density at radius 1 is 0.629 bits per heavy atom. The van der Waals surface area contributed by atoms with Crippen molar-refractivity contribution in [3.63, 3.8) is 0 Å². The lowest BCUT2D eigenvalue weighted by Crippen LogP contribution is -2.46. The number of benzene rings is 2. The van der Waals surface area contributed by atoms with Gasteiger partial charge in [0, 0.05) is 72.7 Å². The van der Waals surface area contributed by atoms with Gasteiger partial charge in [0.1, 0.15) is 0 Å². The minimum absolute atomic E-state index is 0.0308. The Labute approximate surface area is 364 Å². The summed E-state index contributed by atoms with van der Waals surface area (Å²) in [5.41, 5.74) is 5.03. The molecule has 0 spiro atoms. The molecule has 4 aromatic rings. The standard InChI is InChI=1S/2C25H31N3O3/c2*1-4-9-18-12-13-20-23-22(24(30)26-16(3)17-10-7-6-8-11-17)19(15-29)21(27(23)5-2)14-28(20)25(18)31/h2*4,6-13,16,19,21-23,29H,5,14-15H2,1-3H3,(H,26,30)/b9-4+;9-4-/t2*16-,19-,21-,22+,23+/m11/s1. The molecule has 4 aliphatic heterocycles. The molecule has 0 aliphatic carbocycles. The van der Waals surface area contributed by atoms with Crippen LogP contribution in [0.2, 0.25) is 0 Å². The van der Waals surface area contributed by atoms with Crippen LogP contribution in [-0.4, -0.2) is 79.3 Å². The number of hydrogen-bond acceptors (Lipinski definition) is 8. The molecule has 2 amide bonds. The van der Waals surface area contributed by atoms with Crippen LogP contribution in [0.5, 0.6) is 0 Å². The second kappa shape index (κ2) is 19.3. The zero-order valence-electron chi connectivity index (χ0n) is 36.7. The van der Waals surface area contributed by atoms with Crippen molar-refractivity contribution in [1.29, 1.82) is 0 Å². The highest BCUT2D eigenvalue weighted by molar-refractivity contribution is 5.82. The summed E-state index contributed by atoms with van der Waals surface area (Å²) >= 11 is 0. The highest BCUT2D eigenvalue weighted by atomic mass is 16.3. The average molecular weight is 843 g/mol. The number of nitrogens with one attached hydrogen (secondary N) is 2. The number of aliphatic hydroxyl groups excluding tert-OH is 2. The molecule has 12 nitrogen and oxygen atoms in total. The van der Waals surface area contributed by atoms with E-state index in [0.29, 0.717) is 24.2 Å². The molecule has 12 heteroatoms. The Morgan fingerprint density at radius 2 is 1.00 bits per heavy atom. The molecule has 4 N–H and O–H groups in total. The van der Waals surface area contributed by atoms with E-state index in [2.05, 4.69) is 34.3 Å². The van der Waals surface area contributed by atoms with Crippen LogP contribution in [0.15, 0.2) is 107 Å². The number of likely N-dealkylation sites (N-methyl/N-ethyl adjacent to an activating group) is 2. The predicted octanol–water partition coefficient (Wildman–Crippen LogP) is 5.48. The normalized spacial score (nSPS) is 26.1. The summed E-state index contributed by atoms with van der Waals surface area (Å²) in [7, 11) is 0. The van der Waals surface area contributed by atoms with Crippen LogP contribution in [0.25, 0.3) is 12.2 Å². The molecule has 10 atom stereocenters. The van der Waals surface area contributed by atoms with Crippen molar-refractivity contribution in [2.24, 2.45) is 23.7 Å². The summed E-state index contributed by atoms with van der Waals surface area (Å²) in [6, 6.07) is 26.5. The van der Waals surface area contributed by atoms with Crippen LogP contribution in [0.3, 0.4) is 0 Å². The van der Waals surface area contributed by atoms with E-state index in [0.717, 1.165) is 35.6 Å². The van der Waals surface area contributed by atoms with Gasteiger partial charge in [-0.3, -0.25) is 29.0 Å². The number of aromatic nitrogens is 2. The summed E-state index contributed by atoms with van der Waals surface area (Å²) < 4.78 is 3.63. The van der Waals surface area contributed by atoms with Gasteiger partial charge in [-0.15, -0.1) is 0 Å². The molecular weight excluding hydrogens is 781 g/mol. The third-order valence-electron chi connectivity index (χ3n) is 13.7. The van der Waals surface area contributed by atoms with Crippen molar-refractivity contribution in [1.82, 2.24) is 29.6 Å². The number of pyridine rings is 2. The molecule has 2 saturated heterocycles. The first-order valence-corrected chi connectivity index (χ1v) is 22.2. The number of fused-ring (bicyclic) bond motifs is 8. The summed E-state index contributed by atoms with van der Waals surface area (Å²) in [5, 5.41) is 26.9. The summed E-state index contributed by atoms with van der Waals surface area (Å²) in [6.07, 6.45) is 7.35. The second-order valence-corrected chi connectivity index (χ2v) is 17.0. The van der Waals surface area contributed by atoms with Crippen molar-refractivity contribution in [3.8, 4) is 0 Å². The molecule has 62 heavy (non-hydrogen) atoms. The fourth-order valence-corrected chi connectivity index (χ4v) is 10.8. The van der Waals surface area contributed by atoms with Gasteiger partial charge in [0.2, 0.25) is 11.8 Å². The fourth-order valence-electron chi connectivity index (χ4n) is 10.8. The number of allylic oxidation sites excluding steroid dienone is 2. The van der Waals surface area contributed by atoms with Crippen LogP contribution in [-0.2, 0) is 22.7 Å². The van der Waals surface area contributed by atoms with Crippen LogP contribution >= 0.6 is 0 Å². The maximum Gasteiger partial charge on any atom is 0.258 e. The number of carbonyl (C=O) groups excluding carboxylic acids is 2. The number of nitrogens with zero attached hydrogens (tertiary/aromatic N) is 4. The molecule has 0 unspecified atom stereocenters. The van der Waals surface area contributed by atoms with E-state index in [1.54, 1.807) is 0 Å². The molecule has 2 fully saturated rings. The Bertz CT molecular complexity index is 2230. The van der Waals surface area contributed by atoms with Crippen molar-refractivity contribution in [2.75, 3.05) is 26.3 Å². The maximum atomic E-state index is 13.5. The van der Waals surface area contributed by atoms with Crippen molar-refractivity contribution < 1.29 is 19.8 Å². The molecule has 328 valence electrons. The molecule has 4 aliphatic rings. The van der Waals surface area contributed by atoms with Gasteiger partial charge in [-0.1, -0.05) is 98.8 Å². The average Bonchev–Trinajstić information content (AvgIpc) is 3.66. The lowest BCUT2D eigenvalue weighted by molar-refractivity contribution is -0.129. The maximum absolute atomic E-state index is 13.5. The van der Waals surface area contributed by atoms with E-state index < -0.39 is 11.8 Å². The molecule has 8 rings (SSSR count).